The lowest BCUT2D eigenvalue weighted by Crippen LogP contribution is -2.45. The highest BCUT2D eigenvalue weighted by Gasteiger charge is 2.20. The maximum absolute atomic E-state index is 12.4. The van der Waals surface area contributed by atoms with Gasteiger partial charge in [-0.05, 0) is 57.8 Å². The van der Waals surface area contributed by atoms with Crippen molar-refractivity contribution < 1.29 is 24.5 Å². The molecule has 0 rings (SSSR count). The van der Waals surface area contributed by atoms with Gasteiger partial charge in [0.1, 0.15) is 0 Å². The van der Waals surface area contributed by atoms with E-state index in [1.165, 1.54) is 218 Å². The van der Waals surface area contributed by atoms with Crippen LogP contribution in [-0.2, 0) is 14.3 Å². The Kier molecular flexibility index (Phi) is 54.5. The second-order valence-corrected chi connectivity index (χ2v) is 20.4. The maximum atomic E-state index is 12.4. The van der Waals surface area contributed by atoms with Crippen LogP contribution in [0, 0.1) is 0 Å². The fourth-order valence-electron chi connectivity index (χ4n) is 9.22. The summed E-state index contributed by atoms with van der Waals surface area (Å²) in [5.74, 6) is -0.0534. The molecule has 66 heavy (non-hydrogen) atoms. The van der Waals surface area contributed by atoms with Gasteiger partial charge in [0.05, 0.1) is 25.4 Å². The molecule has 2 atom stereocenters. The highest BCUT2D eigenvalue weighted by Crippen LogP contribution is 2.17. The average Bonchev–Trinajstić information content (AvgIpc) is 3.32. The van der Waals surface area contributed by atoms with Gasteiger partial charge in [-0.15, -0.1) is 0 Å². The summed E-state index contributed by atoms with van der Waals surface area (Å²) in [6.45, 7) is 4.92. The first-order valence-corrected chi connectivity index (χ1v) is 29.6. The van der Waals surface area contributed by atoms with E-state index in [-0.39, 0.29) is 18.5 Å². The summed E-state index contributed by atoms with van der Waals surface area (Å²) in [6, 6.07) is -0.548. The van der Waals surface area contributed by atoms with E-state index < -0.39 is 12.1 Å². The number of esters is 1. The van der Waals surface area contributed by atoms with Crippen molar-refractivity contribution in [2.24, 2.45) is 0 Å². The van der Waals surface area contributed by atoms with Crippen LogP contribution in [0.3, 0.4) is 0 Å². The molecule has 6 heteroatoms. The largest absolute Gasteiger partial charge is 0.466 e. The summed E-state index contributed by atoms with van der Waals surface area (Å²) in [6.07, 6.45) is 67.5. The number of carbonyl (C=O) groups excluding carboxylic acids is 2. The molecule has 0 aliphatic heterocycles. The molecule has 0 fully saturated rings. The van der Waals surface area contributed by atoms with Crippen LogP contribution >= 0.6 is 0 Å². The molecule has 0 spiro atoms. The van der Waals surface area contributed by atoms with E-state index in [2.05, 4.69) is 43.5 Å². The van der Waals surface area contributed by atoms with Crippen LogP contribution in [0.15, 0.2) is 24.3 Å². The number of rotatable bonds is 55. The van der Waals surface area contributed by atoms with Crippen molar-refractivity contribution in [1.82, 2.24) is 5.32 Å². The molecule has 1 amide bonds. The van der Waals surface area contributed by atoms with E-state index in [0.29, 0.717) is 25.9 Å². The van der Waals surface area contributed by atoms with Gasteiger partial charge in [0.2, 0.25) is 5.91 Å². The number of hydrogen-bond acceptors (Lipinski definition) is 5. The van der Waals surface area contributed by atoms with E-state index >= 15 is 0 Å². The molecule has 0 aromatic carbocycles. The monoisotopic (exact) mass is 930 g/mol. The second-order valence-electron chi connectivity index (χ2n) is 20.4. The highest BCUT2D eigenvalue weighted by atomic mass is 16.5. The minimum absolute atomic E-state index is 0.00878. The van der Waals surface area contributed by atoms with Crippen LogP contribution in [-0.4, -0.2) is 47.4 Å². The molecule has 0 aliphatic rings. The summed E-state index contributed by atoms with van der Waals surface area (Å²) >= 11 is 0. The predicted octanol–water partition coefficient (Wildman–Crippen LogP) is 18.2. The first kappa shape index (κ1) is 64.3. The Labute approximate surface area is 411 Å². The summed E-state index contributed by atoms with van der Waals surface area (Å²) < 4.78 is 5.47. The Hall–Kier alpha value is -1.66. The molecule has 0 saturated carbocycles. The van der Waals surface area contributed by atoms with Crippen LogP contribution in [0.5, 0.6) is 0 Å². The lowest BCUT2D eigenvalue weighted by molar-refractivity contribution is -0.143. The molecule has 0 bridgehead atoms. The Morgan fingerprint density at radius 1 is 0.424 bits per heavy atom. The molecular weight excluding hydrogens is 815 g/mol. The van der Waals surface area contributed by atoms with Crippen LogP contribution in [0.25, 0.3) is 0 Å². The summed E-state index contributed by atoms with van der Waals surface area (Å²) in [5, 5.41) is 23.2. The van der Waals surface area contributed by atoms with Crippen molar-refractivity contribution in [1.29, 1.82) is 0 Å². The molecule has 0 radical (unpaired) electrons. The van der Waals surface area contributed by atoms with Gasteiger partial charge >= 0.3 is 5.97 Å². The number of aliphatic hydroxyl groups is 2. The fourth-order valence-corrected chi connectivity index (χ4v) is 9.22. The SMILES string of the molecule is CCCCCCCCCCCCCCCCCCCCC(=O)OCCCCC/C=C\C=C/CCCCCCCCCCCCC(=O)NC(CO)C(O)CCCCCCCCCCCCCC. The standard InChI is InChI=1S/C60H115NO5/c1-3-5-7-9-11-13-15-17-18-19-24-27-30-34-38-42-46-50-54-60(65)66-55-51-47-43-39-35-31-28-25-22-20-21-23-26-29-33-37-41-45-49-53-59(64)61-57(56-62)58(63)52-48-44-40-36-32-16-14-12-10-8-6-4-2/h25,28,31,35,57-58,62-63H,3-24,26-27,29-30,32-34,36-56H2,1-2H3,(H,61,64)/b28-25-,35-31-. The van der Waals surface area contributed by atoms with Gasteiger partial charge in [-0.2, -0.15) is 0 Å². The average molecular weight is 931 g/mol. The first-order chi connectivity index (χ1) is 32.5. The smallest absolute Gasteiger partial charge is 0.305 e. The van der Waals surface area contributed by atoms with Gasteiger partial charge in [0, 0.05) is 12.8 Å². The normalized spacial score (nSPS) is 12.7. The summed E-state index contributed by atoms with van der Waals surface area (Å²) in [4.78, 5) is 24.5. The zero-order valence-electron chi connectivity index (χ0n) is 44.4. The second kappa shape index (κ2) is 55.9. The molecule has 6 nitrogen and oxygen atoms in total. The fraction of sp³-hybridized carbons (Fsp3) is 0.900. The van der Waals surface area contributed by atoms with Gasteiger partial charge in [-0.1, -0.05) is 276 Å². The lowest BCUT2D eigenvalue weighted by Gasteiger charge is -2.22. The van der Waals surface area contributed by atoms with Crippen LogP contribution in [0.1, 0.15) is 322 Å². The van der Waals surface area contributed by atoms with Crippen LogP contribution in [0.4, 0.5) is 0 Å². The molecule has 0 aromatic heterocycles. The third kappa shape index (κ3) is 51.7. The minimum Gasteiger partial charge on any atom is -0.466 e. The maximum Gasteiger partial charge on any atom is 0.305 e. The van der Waals surface area contributed by atoms with Crippen LogP contribution in [0.2, 0.25) is 0 Å². The van der Waals surface area contributed by atoms with Crippen LogP contribution < -0.4 is 5.32 Å². The zero-order valence-corrected chi connectivity index (χ0v) is 44.4. The number of allylic oxidation sites excluding steroid dienone is 4. The Morgan fingerprint density at radius 3 is 1.12 bits per heavy atom. The molecule has 2 unspecified atom stereocenters. The molecule has 0 heterocycles. The third-order valence-corrected chi connectivity index (χ3v) is 13.8. The zero-order chi connectivity index (χ0) is 47.9. The Morgan fingerprint density at radius 2 is 0.742 bits per heavy atom. The van der Waals surface area contributed by atoms with Gasteiger partial charge < -0.3 is 20.3 Å². The summed E-state index contributed by atoms with van der Waals surface area (Å²) in [5.41, 5.74) is 0. The topological polar surface area (TPSA) is 95.9 Å². The highest BCUT2D eigenvalue weighted by molar-refractivity contribution is 5.76. The van der Waals surface area contributed by atoms with Crippen molar-refractivity contribution in [3.63, 3.8) is 0 Å². The van der Waals surface area contributed by atoms with Crippen molar-refractivity contribution in [2.45, 2.75) is 334 Å². The van der Waals surface area contributed by atoms with Crippen molar-refractivity contribution in [3.8, 4) is 0 Å². The Bertz CT molecular complexity index is 1030. The predicted molar refractivity (Wildman–Crippen MR) is 287 cm³/mol. The lowest BCUT2D eigenvalue weighted by atomic mass is 10.0. The van der Waals surface area contributed by atoms with Crippen molar-refractivity contribution >= 4 is 11.9 Å². The molecule has 0 aliphatic carbocycles. The molecule has 390 valence electrons. The number of unbranched alkanes of at least 4 members (excludes halogenated alkanes) is 41. The number of amides is 1. The van der Waals surface area contributed by atoms with E-state index in [9.17, 15) is 19.8 Å². The van der Waals surface area contributed by atoms with Gasteiger partial charge in [-0.25, -0.2) is 0 Å². The quantitative estimate of drug-likeness (QED) is 0.0321. The molecule has 0 aromatic rings. The van der Waals surface area contributed by atoms with Crippen molar-refractivity contribution in [3.05, 3.63) is 24.3 Å². The number of hydrogen-bond donors (Lipinski definition) is 3. The molecular formula is C60H115NO5. The van der Waals surface area contributed by atoms with Gasteiger partial charge in [0.25, 0.3) is 0 Å². The number of ether oxygens (including phenoxy) is 1. The van der Waals surface area contributed by atoms with Gasteiger partial charge in [0.15, 0.2) is 0 Å². The third-order valence-electron chi connectivity index (χ3n) is 13.8. The minimum atomic E-state index is -0.670. The molecule has 3 N–H and O–H groups in total. The number of aliphatic hydroxyl groups excluding tert-OH is 2. The van der Waals surface area contributed by atoms with E-state index in [1.807, 2.05) is 0 Å². The summed E-state index contributed by atoms with van der Waals surface area (Å²) in [7, 11) is 0. The van der Waals surface area contributed by atoms with Crippen molar-refractivity contribution in [2.75, 3.05) is 13.2 Å². The Balaban J connectivity index is 3.44. The first-order valence-electron chi connectivity index (χ1n) is 29.6. The van der Waals surface area contributed by atoms with E-state index in [1.54, 1.807) is 0 Å². The van der Waals surface area contributed by atoms with E-state index in [4.69, 9.17) is 4.74 Å². The number of carbonyl (C=O) groups is 2. The van der Waals surface area contributed by atoms with E-state index in [0.717, 1.165) is 70.6 Å². The van der Waals surface area contributed by atoms with Gasteiger partial charge in [-0.3, -0.25) is 9.59 Å². The molecule has 0 saturated heterocycles. The number of nitrogens with one attached hydrogen (secondary N) is 1.